The lowest BCUT2D eigenvalue weighted by Gasteiger charge is -2.13. The van der Waals surface area contributed by atoms with E-state index in [0.29, 0.717) is 21.5 Å². The van der Waals surface area contributed by atoms with E-state index in [0.717, 1.165) is 5.56 Å². The van der Waals surface area contributed by atoms with Crippen molar-refractivity contribution in [2.45, 2.75) is 23.6 Å². The Bertz CT molecular complexity index is 946. The van der Waals surface area contributed by atoms with E-state index in [4.69, 9.17) is 0 Å². The third-order valence-corrected chi connectivity index (χ3v) is 6.03. The van der Waals surface area contributed by atoms with Crippen LogP contribution in [-0.4, -0.2) is 27.6 Å². The Morgan fingerprint density at radius 3 is 2.50 bits per heavy atom. The zero-order valence-corrected chi connectivity index (χ0v) is 16.7. The fourth-order valence-corrected chi connectivity index (χ4v) is 4.26. The van der Waals surface area contributed by atoms with Crippen LogP contribution in [0.1, 0.15) is 35.2 Å². The van der Waals surface area contributed by atoms with Crippen LogP contribution in [-0.2, 0) is 4.79 Å². The minimum atomic E-state index is -0.380. The largest absolute Gasteiger partial charge is 0.300 e. The average Bonchev–Trinajstić information content (AvgIpc) is 3.15. The molecule has 1 N–H and O–H groups in total. The second kappa shape index (κ2) is 9.57. The highest BCUT2D eigenvalue weighted by atomic mass is 32.2. The predicted molar refractivity (Wildman–Crippen MR) is 109 cm³/mol. The number of nitrogens with one attached hydrogen (secondary N) is 1. The monoisotopic (exact) mass is 415 g/mol. The van der Waals surface area contributed by atoms with E-state index in [9.17, 15) is 14.0 Å². The van der Waals surface area contributed by atoms with Crippen molar-refractivity contribution in [2.24, 2.45) is 0 Å². The van der Waals surface area contributed by atoms with Crippen molar-refractivity contribution in [3.05, 3.63) is 71.5 Å². The molecule has 144 valence electrons. The van der Waals surface area contributed by atoms with E-state index in [2.05, 4.69) is 15.5 Å². The van der Waals surface area contributed by atoms with Gasteiger partial charge in [-0.25, -0.2) is 4.39 Å². The standard InChI is InChI=1S/C20H18FN3O2S2/c1-2-16(13-6-4-3-5-7-13)18(26)22-19-23-24-20(28-19)27-12-17(25)14-8-10-15(21)11-9-14/h3-11,16H,2,12H2,1H3,(H,22,23,26)/t16-/m0/s1. The number of rotatable bonds is 8. The summed E-state index contributed by atoms with van der Waals surface area (Å²) in [5.74, 6) is -0.740. The molecule has 0 radical (unpaired) electrons. The van der Waals surface area contributed by atoms with Crippen molar-refractivity contribution < 1.29 is 14.0 Å². The van der Waals surface area contributed by atoms with E-state index < -0.39 is 0 Å². The summed E-state index contributed by atoms with van der Waals surface area (Å²) in [4.78, 5) is 24.7. The van der Waals surface area contributed by atoms with E-state index in [-0.39, 0.29) is 29.2 Å². The Hall–Kier alpha value is -2.58. The maximum Gasteiger partial charge on any atom is 0.233 e. The summed E-state index contributed by atoms with van der Waals surface area (Å²) in [5, 5.41) is 11.2. The molecule has 0 unspecified atom stereocenters. The Morgan fingerprint density at radius 2 is 1.82 bits per heavy atom. The summed E-state index contributed by atoms with van der Waals surface area (Å²) < 4.78 is 13.5. The zero-order valence-electron chi connectivity index (χ0n) is 15.1. The van der Waals surface area contributed by atoms with E-state index in [1.165, 1.54) is 47.4 Å². The van der Waals surface area contributed by atoms with Gasteiger partial charge in [-0.2, -0.15) is 0 Å². The number of hydrogen-bond acceptors (Lipinski definition) is 6. The lowest BCUT2D eigenvalue weighted by molar-refractivity contribution is -0.117. The number of anilines is 1. The molecule has 0 saturated heterocycles. The van der Waals surface area contributed by atoms with Crippen LogP contribution in [0.2, 0.25) is 0 Å². The molecule has 28 heavy (non-hydrogen) atoms. The van der Waals surface area contributed by atoms with Crippen LogP contribution in [0.25, 0.3) is 0 Å². The third-order valence-electron chi connectivity index (χ3n) is 4.06. The van der Waals surface area contributed by atoms with Gasteiger partial charge in [0, 0.05) is 5.56 Å². The molecule has 0 bridgehead atoms. The molecule has 5 nitrogen and oxygen atoms in total. The summed E-state index contributed by atoms with van der Waals surface area (Å²) in [6.45, 7) is 1.96. The highest BCUT2D eigenvalue weighted by Crippen LogP contribution is 2.28. The van der Waals surface area contributed by atoms with Crippen LogP contribution in [0.15, 0.2) is 58.9 Å². The lowest BCUT2D eigenvalue weighted by Crippen LogP contribution is -2.20. The number of thioether (sulfide) groups is 1. The summed E-state index contributed by atoms with van der Waals surface area (Å²) in [5.41, 5.74) is 1.40. The molecule has 0 saturated carbocycles. The fraction of sp³-hybridized carbons (Fsp3) is 0.200. The molecular formula is C20H18FN3O2S2. The number of carbonyl (C=O) groups excluding carboxylic acids is 2. The number of carbonyl (C=O) groups is 2. The molecule has 0 spiro atoms. The number of ketones is 1. The van der Waals surface area contributed by atoms with Crippen LogP contribution < -0.4 is 5.32 Å². The second-order valence-electron chi connectivity index (χ2n) is 5.95. The Kier molecular flexibility index (Phi) is 6.89. The molecule has 1 aromatic heterocycles. The quantitative estimate of drug-likeness (QED) is 0.325. The van der Waals surface area contributed by atoms with Gasteiger partial charge in [0.25, 0.3) is 0 Å². The van der Waals surface area contributed by atoms with Gasteiger partial charge in [0.15, 0.2) is 10.1 Å². The number of benzene rings is 2. The molecule has 0 aliphatic carbocycles. The first-order valence-corrected chi connectivity index (χ1v) is 10.5. The van der Waals surface area contributed by atoms with Gasteiger partial charge in [0.05, 0.1) is 11.7 Å². The molecular weight excluding hydrogens is 397 g/mol. The van der Waals surface area contributed by atoms with Gasteiger partial charge in [-0.15, -0.1) is 10.2 Å². The zero-order chi connectivity index (χ0) is 19.9. The van der Waals surface area contributed by atoms with Crippen LogP contribution in [0.3, 0.4) is 0 Å². The van der Waals surface area contributed by atoms with Crippen molar-refractivity contribution in [1.82, 2.24) is 10.2 Å². The fourth-order valence-electron chi connectivity index (χ4n) is 2.62. The van der Waals surface area contributed by atoms with Gasteiger partial charge in [-0.1, -0.05) is 60.4 Å². The molecule has 1 heterocycles. The minimum Gasteiger partial charge on any atom is -0.300 e. The smallest absolute Gasteiger partial charge is 0.233 e. The second-order valence-corrected chi connectivity index (χ2v) is 8.15. The Labute approximate surface area is 170 Å². The van der Waals surface area contributed by atoms with Crippen molar-refractivity contribution in [2.75, 3.05) is 11.1 Å². The van der Waals surface area contributed by atoms with Gasteiger partial charge in [0.1, 0.15) is 5.82 Å². The number of hydrogen-bond donors (Lipinski definition) is 1. The van der Waals surface area contributed by atoms with Crippen molar-refractivity contribution >= 4 is 39.9 Å². The minimum absolute atomic E-state index is 0.124. The number of nitrogens with zero attached hydrogens (tertiary/aromatic N) is 2. The van der Waals surface area contributed by atoms with Gasteiger partial charge in [-0.05, 0) is 36.2 Å². The van der Waals surface area contributed by atoms with E-state index >= 15 is 0 Å². The molecule has 1 amide bonds. The highest BCUT2D eigenvalue weighted by molar-refractivity contribution is 8.01. The van der Waals surface area contributed by atoms with Crippen LogP contribution >= 0.6 is 23.1 Å². The number of aromatic nitrogens is 2. The predicted octanol–water partition coefficient (Wildman–Crippen LogP) is 4.78. The molecule has 3 rings (SSSR count). The van der Waals surface area contributed by atoms with Gasteiger partial charge in [0.2, 0.25) is 11.0 Å². The first-order valence-electron chi connectivity index (χ1n) is 8.67. The molecule has 1 atom stereocenters. The Morgan fingerprint density at radius 1 is 1.11 bits per heavy atom. The third kappa shape index (κ3) is 5.24. The van der Waals surface area contributed by atoms with Gasteiger partial charge < -0.3 is 0 Å². The summed E-state index contributed by atoms with van der Waals surface area (Å²) in [6, 6.07) is 15.0. The van der Waals surface area contributed by atoms with Crippen LogP contribution in [0.4, 0.5) is 9.52 Å². The summed E-state index contributed by atoms with van der Waals surface area (Å²) >= 11 is 2.46. The van der Waals surface area contributed by atoms with E-state index in [1.807, 2.05) is 37.3 Å². The van der Waals surface area contributed by atoms with Gasteiger partial charge >= 0.3 is 0 Å². The van der Waals surface area contributed by atoms with Gasteiger partial charge in [-0.3, -0.25) is 14.9 Å². The number of Topliss-reactive ketones (excluding diaryl/α,β-unsaturated/α-hetero) is 1. The first-order chi connectivity index (χ1) is 13.6. The number of halogens is 1. The molecule has 0 aliphatic rings. The summed E-state index contributed by atoms with van der Waals surface area (Å²) in [7, 11) is 0. The maximum atomic E-state index is 12.9. The highest BCUT2D eigenvalue weighted by Gasteiger charge is 2.20. The topological polar surface area (TPSA) is 72.0 Å². The number of amides is 1. The lowest BCUT2D eigenvalue weighted by atomic mass is 9.96. The SMILES string of the molecule is CC[C@H](C(=O)Nc1nnc(SCC(=O)c2ccc(F)cc2)s1)c1ccccc1. The average molecular weight is 416 g/mol. The maximum absolute atomic E-state index is 12.9. The van der Waals surface area contributed by atoms with Crippen LogP contribution in [0.5, 0.6) is 0 Å². The molecule has 8 heteroatoms. The summed E-state index contributed by atoms with van der Waals surface area (Å²) in [6.07, 6.45) is 0.669. The van der Waals surface area contributed by atoms with E-state index in [1.54, 1.807) is 0 Å². The van der Waals surface area contributed by atoms with Crippen molar-refractivity contribution in [3.8, 4) is 0 Å². The van der Waals surface area contributed by atoms with Crippen molar-refractivity contribution in [3.63, 3.8) is 0 Å². The molecule has 3 aromatic rings. The normalized spacial score (nSPS) is 11.8. The molecule has 2 aromatic carbocycles. The van der Waals surface area contributed by atoms with Crippen LogP contribution in [0, 0.1) is 5.82 Å². The molecule has 0 aliphatic heterocycles. The Balaban J connectivity index is 1.57. The first kappa shape index (κ1) is 20.2. The molecule has 0 fully saturated rings. The van der Waals surface area contributed by atoms with Crippen molar-refractivity contribution in [1.29, 1.82) is 0 Å².